The topological polar surface area (TPSA) is 32.9 Å². The minimum Gasteiger partial charge on any atom is -0.360 e. The van der Waals surface area contributed by atoms with Gasteiger partial charge in [0.15, 0.2) is 5.78 Å². The Morgan fingerprint density at radius 3 is 2.75 bits per heavy atom. The SMILES string of the molecule is O=C(c1cc(Cl)ccc1F)c1c[nH]c2ccc(Br)cc12. The summed E-state index contributed by atoms with van der Waals surface area (Å²) in [5.41, 5.74) is 1.21. The number of carbonyl (C=O) groups is 1. The second kappa shape index (κ2) is 5.04. The zero-order valence-electron chi connectivity index (χ0n) is 10.1. The van der Waals surface area contributed by atoms with Crippen molar-refractivity contribution in [2.45, 2.75) is 0 Å². The summed E-state index contributed by atoms with van der Waals surface area (Å²) < 4.78 is 14.6. The molecule has 2 nitrogen and oxygen atoms in total. The highest BCUT2D eigenvalue weighted by Crippen LogP contribution is 2.26. The molecule has 0 fully saturated rings. The highest BCUT2D eigenvalue weighted by Gasteiger charge is 2.18. The Morgan fingerprint density at radius 2 is 1.95 bits per heavy atom. The standard InChI is InChI=1S/C15H8BrClFNO/c16-8-1-4-14-10(5-8)12(7-19-14)15(20)11-6-9(17)2-3-13(11)18/h1-7,19H. The number of nitrogens with one attached hydrogen (secondary N) is 1. The number of aromatic nitrogens is 1. The Balaban J connectivity index is 2.17. The molecule has 0 amide bonds. The summed E-state index contributed by atoms with van der Waals surface area (Å²) >= 11 is 9.19. The van der Waals surface area contributed by atoms with Crippen LogP contribution < -0.4 is 0 Å². The lowest BCUT2D eigenvalue weighted by Gasteiger charge is -2.02. The van der Waals surface area contributed by atoms with E-state index in [2.05, 4.69) is 20.9 Å². The molecule has 2 aromatic carbocycles. The van der Waals surface area contributed by atoms with E-state index >= 15 is 0 Å². The summed E-state index contributed by atoms with van der Waals surface area (Å²) in [5.74, 6) is -0.974. The fourth-order valence-electron chi connectivity index (χ4n) is 2.10. The number of ketones is 1. The van der Waals surface area contributed by atoms with Crippen LogP contribution in [-0.4, -0.2) is 10.8 Å². The maximum atomic E-state index is 13.8. The third kappa shape index (κ3) is 2.25. The summed E-state index contributed by atoms with van der Waals surface area (Å²) in [7, 11) is 0. The van der Waals surface area contributed by atoms with Crippen molar-refractivity contribution in [3.05, 3.63) is 69.0 Å². The predicted octanol–water partition coefficient (Wildman–Crippen LogP) is 4.95. The van der Waals surface area contributed by atoms with E-state index in [4.69, 9.17) is 11.6 Å². The van der Waals surface area contributed by atoms with Crippen LogP contribution in [0.3, 0.4) is 0 Å². The molecule has 3 rings (SSSR count). The van der Waals surface area contributed by atoms with Gasteiger partial charge in [-0.3, -0.25) is 4.79 Å². The number of aromatic amines is 1. The molecule has 0 aliphatic carbocycles. The average molecular weight is 353 g/mol. The first-order valence-electron chi connectivity index (χ1n) is 5.82. The van der Waals surface area contributed by atoms with Crippen LogP contribution in [0, 0.1) is 5.82 Å². The normalized spacial score (nSPS) is 10.9. The number of rotatable bonds is 2. The highest BCUT2D eigenvalue weighted by molar-refractivity contribution is 9.10. The van der Waals surface area contributed by atoms with Gasteiger partial charge in [0.2, 0.25) is 0 Å². The molecular formula is C15H8BrClFNO. The summed E-state index contributed by atoms with van der Waals surface area (Å²) in [4.78, 5) is 15.5. The molecule has 0 atom stereocenters. The molecule has 0 aliphatic heterocycles. The number of hydrogen-bond acceptors (Lipinski definition) is 1. The van der Waals surface area contributed by atoms with Crippen LogP contribution in [0.5, 0.6) is 0 Å². The molecule has 0 aliphatic rings. The van der Waals surface area contributed by atoms with Crippen LogP contribution in [-0.2, 0) is 0 Å². The summed E-state index contributed by atoms with van der Waals surface area (Å²) in [6, 6.07) is 9.49. The van der Waals surface area contributed by atoms with E-state index in [1.54, 1.807) is 6.20 Å². The smallest absolute Gasteiger partial charge is 0.198 e. The molecular weight excluding hydrogens is 345 g/mol. The number of benzene rings is 2. The van der Waals surface area contributed by atoms with E-state index in [0.29, 0.717) is 10.6 Å². The third-order valence-corrected chi connectivity index (χ3v) is 3.79. The fourth-order valence-corrected chi connectivity index (χ4v) is 2.63. The van der Waals surface area contributed by atoms with E-state index in [-0.39, 0.29) is 5.56 Å². The molecule has 5 heteroatoms. The van der Waals surface area contributed by atoms with Crippen molar-refractivity contribution in [3.63, 3.8) is 0 Å². The van der Waals surface area contributed by atoms with Crippen LogP contribution in [0.1, 0.15) is 15.9 Å². The molecule has 0 saturated carbocycles. The molecule has 20 heavy (non-hydrogen) atoms. The highest BCUT2D eigenvalue weighted by atomic mass is 79.9. The van der Waals surface area contributed by atoms with Gasteiger partial charge in [-0.1, -0.05) is 27.5 Å². The van der Waals surface area contributed by atoms with E-state index in [9.17, 15) is 9.18 Å². The summed E-state index contributed by atoms with van der Waals surface area (Å²) in [5, 5.41) is 1.07. The Hall–Kier alpha value is -1.65. The van der Waals surface area contributed by atoms with Gasteiger partial charge < -0.3 is 4.98 Å². The molecule has 0 bridgehead atoms. The van der Waals surface area contributed by atoms with Crippen LogP contribution >= 0.6 is 27.5 Å². The van der Waals surface area contributed by atoms with Gasteiger partial charge in [0, 0.05) is 32.2 Å². The van der Waals surface area contributed by atoms with Gasteiger partial charge >= 0.3 is 0 Å². The molecule has 1 heterocycles. The maximum Gasteiger partial charge on any atom is 0.198 e. The molecule has 100 valence electrons. The maximum absolute atomic E-state index is 13.8. The third-order valence-electron chi connectivity index (χ3n) is 3.06. The minimum atomic E-state index is -0.580. The van der Waals surface area contributed by atoms with E-state index in [1.807, 2.05) is 18.2 Å². The molecule has 0 unspecified atom stereocenters. The number of halogens is 3. The number of hydrogen-bond donors (Lipinski definition) is 1. The molecule has 1 N–H and O–H groups in total. The van der Waals surface area contributed by atoms with Gasteiger partial charge in [-0.2, -0.15) is 0 Å². The largest absolute Gasteiger partial charge is 0.360 e. The quantitative estimate of drug-likeness (QED) is 0.650. The molecule has 1 aromatic heterocycles. The Kier molecular flexibility index (Phi) is 3.36. The summed E-state index contributed by atoms with van der Waals surface area (Å²) in [6.07, 6.45) is 1.58. The van der Waals surface area contributed by atoms with Crippen LogP contribution in [0.15, 0.2) is 47.1 Å². The Labute approximate surface area is 127 Å². The van der Waals surface area contributed by atoms with Crippen molar-refractivity contribution in [3.8, 4) is 0 Å². The Morgan fingerprint density at radius 1 is 1.15 bits per heavy atom. The summed E-state index contributed by atoms with van der Waals surface area (Å²) in [6.45, 7) is 0. The zero-order chi connectivity index (χ0) is 14.3. The van der Waals surface area contributed by atoms with Gasteiger partial charge in [-0.15, -0.1) is 0 Å². The number of H-pyrrole nitrogens is 1. The van der Waals surface area contributed by atoms with E-state index < -0.39 is 11.6 Å². The minimum absolute atomic E-state index is 0.0293. The van der Waals surface area contributed by atoms with Gasteiger partial charge in [-0.05, 0) is 36.4 Å². The molecule has 0 spiro atoms. The van der Waals surface area contributed by atoms with Crippen LogP contribution in [0.25, 0.3) is 10.9 Å². The van der Waals surface area contributed by atoms with Crippen LogP contribution in [0.2, 0.25) is 5.02 Å². The molecule has 0 radical (unpaired) electrons. The van der Waals surface area contributed by atoms with Gasteiger partial charge in [0.05, 0.1) is 5.56 Å². The first-order valence-corrected chi connectivity index (χ1v) is 7.00. The lowest BCUT2D eigenvalue weighted by molar-refractivity contribution is 0.103. The molecule has 0 saturated heterocycles. The van der Waals surface area contributed by atoms with Gasteiger partial charge in [0.1, 0.15) is 5.82 Å². The fraction of sp³-hybridized carbons (Fsp3) is 0. The van der Waals surface area contributed by atoms with E-state index in [0.717, 1.165) is 15.4 Å². The van der Waals surface area contributed by atoms with Crippen molar-refractivity contribution in [1.82, 2.24) is 4.98 Å². The molecule has 3 aromatic rings. The van der Waals surface area contributed by atoms with Crippen molar-refractivity contribution in [2.24, 2.45) is 0 Å². The predicted molar refractivity (Wildman–Crippen MR) is 80.8 cm³/mol. The lowest BCUT2D eigenvalue weighted by Crippen LogP contribution is -2.03. The average Bonchev–Trinajstić information content (AvgIpc) is 2.83. The Bertz CT molecular complexity index is 828. The second-order valence-corrected chi connectivity index (χ2v) is 5.70. The van der Waals surface area contributed by atoms with E-state index in [1.165, 1.54) is 18.2 Å². The second-order valence-electron chi connectivity index (χ2n) is 4.35. The monoisotopic (exact) mass is 351 g/mol. The van der Waals surface area contributed by atoms with Gasteiger partial charge in [0.25, 0.3) is 0 Å². The number of fused-ring (bicyclic) bond motifs is 1. The van der Waals surface area contributed by atoms with Crippen molar-refractivity contribution in [1.29, 1.82) is 0 Å². The number of carbonyl (C=O) groups excluding carboxylic acids is 1. The van der Waals surface area contributed by atoms with Crippen molar-refractivity contribution < 1.29 is 9.18 Å². The van der Waals surface area contributed by atoms with Crippen molar-refractivity contribution in [2.75, 3.05) is 0 Å². The van der Waals surface area contributed by atoms with Gasteiger partial charge in [-0.25, -0.2) is 4.39 Å². The first-order chi connectivity index (χ1) is 9.56. The van der Waals surface area contributed by atoms with Crippen molar-refractivity contribution >= 4 is 44.2 Å². The zero-order valence-corrected chi connectivity index (χ0v) is 12.4. The first kappa shape index (κ1) is 13.3. The lowest BCUT2D eigenvalue weighted by atomic mass is 10.0. The van der Waals surface area contributed by atoms with Crippen LogP contribution in [0.4, 0.5) is 4.39 Å².